The van der Waals surface area contributed by atoms with Crippen molar-refractivity contribution in [3.8, 4) is 5.88 Å². The summed E-state index contributed by atoms with van der Waals surface area (Å²) < 4.78 is 6.81. The molecule has 3 N–H and O–H groups in total. The largest absolute Gasteiger partial charge is 0.481 e. The number of nitrogens with one attached hydrogen (secondary N) is 1. The number of pyridine rings is 1. The highest BCUT2D eigenvalue weighted by atomic mass is 16.5. The van der Waals surface area contributed by atoms with Gasteiger partial charge in [0.05, 0.1) is 13.4 Å². The van der Waals surface area contributed by atoms with Crippen LogP contribution in [0.15, 0.2) is 30.9 Å². The fraction of sp³-hybridized carbons (Fsp3) is 0.308. The Morgan fingerprint density at radius 1 is 1.50 bits per heavy atom. The summed E-state index contributed by atoms with van der Waals surface area (Å²) in [6, 6.07) is 3.59. The number of amides is 1. The van der Waals surface area contributed by atoms with E-state index in [4.69, 9.17) is 10.5 Å². The van der Waals surface area contributed by atoms with Gasteiger partial charge in [-0.15, -0.1) is 0 Å². The molecule has 0 aromatic carbocycles. The summed E-state index contributed by atoms with van der Waals surface area (Å²) >= 11 is 0. The average molecular weight is 275 g/mol. The van der Waals surface area contributed by atoms with Gasteiger partial charge in [-0.1, -0.05) is 0 Å². The van der Waals surface area contributed by atoms with E-state index in [2.05, 4.69) is 15.3 Å². The highest BCUT2D eigenvalue weighted by Crippen LogP contribution is 2.08. The van der Waals surface area contributed by atoms with Crippen LogP contribution in [0.2, 0.25) is 0 Å². The lowest BCUT2D eigenvalue weighted by atomic mass is 10.2. The lowest BCUT2D eigenvalue weighted by Gasteiger charge is -2.05. The predicted molar refractivity (Wildman–Crippen MR) is 73.2 cm³/mol. The Morgan fingerprint density at radius 2 is 2.35 bits per heavy atom. The smallest absolute Gasteiger partial charge is 0.271 e. The molecule has 2 heterocycles. The Kier molecular flexibility index (Phi) is 4.67. The van der Waals surface area contributed by atoms with Gasteiger partial charge in [-0.3, -0.25) is 4.79 Å². The van der Waals surface area contributed by atoms with E-state index in [0.717, 1.165) is 5.56 Å². The van der Waals surface area contributed by atoms with Gasteiger partial charge in [0.25, 0.3) is 5.91 Å². The molecule has 0 saturated heterocycles. The Hall–Kier alpha value is -2.41. The third-order valence-corrected chi connectivity index (χ3v) is 2.71. The Balaban J connectivity index is 1.93. The van der Waals surface area contributed by atoms with Crippen molar-refractivity contribution in [1.82, 2.24) is 19.9 Å². The van der Waals surface area contributed by atoms with E-state index in [1.165, 1.54) is 0 Å². The van der Waals surface area contributed by atoms with E-state index < -0.39 is 0 Å². The first kappa shape index (κ1) is 14.0. The molecule has 0 saturated carbocycles. The van der Waals surface area contributed by atoms with Crippen LogP contribution in [0.3, 0.4) is 0 Å². The molecular weight excluding hydrogens is 258 g/mol. The fourth-order valence-electron chi connectivity index (χ4n) is 1.69. The summed E-state index contributed by atoms with van der Waals surface area (Å²) in [5, 5.41) is 2.79. The zero-order chi connectivity index (χ0) is 14.4. The predicted octanol–water partition coefficient (Wildman–Crippen LogP) is 0.175. The van der Waals surface area contributed by atoms with Crippen LogP contribution in [0, 0.1) is 0 Å². The van der Waals surface area contributed by atoms with E-state index in [-0.39, 0.29) is 5.91 Å². The quantitative estimate of drug-likeness (QED) is 0.784. The molecule has 20 heavy (non-hydrogen) atoms. The fourth-order valence-corrected chi connectivity index (χ4v) is 1.69. The molecule has 0 unspecified atom stereocenters. The monoisotopic (exact) mass is 275 g/mol. The number of nitrogens with two attached hydrogens (primary N) is 1. The van der Waals surface area contributed by atoms with Crippen LogP contribution in [0.1, 0.15) is 16.1 Å². The van der Waals surface area contributed by atoms with Gasteiger partial charge < -0.3 is 20.4 Å². The van der Waals surface area contributed by atoms with Crippen LogP contribution in [-0.4, -0.2) is 34.1 Å². The highest BCUT2D eigenvalue weighted by Gasteiger charge is 2.09. The number of hydrogen-bond donors (Lipinski definition) is 2. The van der Waals surface area contributed by atoms with Crippen LogP contribution >= 0.6 is 0 Å². The van der Waals surface area contributed by atoms with Gasteiger partial charge in [0.1, 0.15) is 5.69 Å². The summed E-state index contributed by atoms with van der Waals surface area (Å²) in [7, 11) is 1.55. The summed E-state index contributed by atoms with van der Waals surface area (Å²) in [6.07, 6.45) is 4.91. The van der Waals surface area contributed by atoms with E-state index >= 15 is 0 Å². The topological polar surface area (TPSA) is 95.1 Å². The summed E-state index contributed by atoms with van der Waals surface area (Å²) in [5.74, 6) is 0.292. The first-order valence-corrected chi connectivity index (χ1v) is 6.22. The zero-order valence-corrected chi connectivity index (χ0v) is 11.2. The van der Waals surface area contributed by atoms with Crippen molar-refractivity contribution in [3.63, 3.8) is 0 Å². The lowest BCUT2D eigenvalue weighted by molar-refractivity contribution is 0.0946. The molecular formula is C13H17N5O2. The van der Waals surface area contributed by atoms with Crippen LogP contribution in [0.4, 0.5) is 0 Å². The molecule has 2 rings (SSSR count). The van der Waals surface area contributed by atoms with Gasteiger partial charge in [0.15, 0.2) is 0 Å². The van der Waals surface area contributed by atoms with Crippen molar-refractivity contribution in [1.29, 1.82) is 0 Å². The molecule has 2 aromatic heterocycles. The molecule has 0 radical (unpaired) electrons. The van der Waals surface area contributed by atoms with Gasteiger partial charge in [0.2, 0.25) is 5.88 Å². The number of imidazole rings is 1. The molecule has 7 nitrogen and oxygen atoms in total. The second kappa shape index (κ2) is 6.67. The maximum Gasteiger partial charge on any atom is 0.271 e. The number of carbonyl (C=O) groups is 1. The number of aromatic nitrogens is 3. The van der Waals surface area contributed by atoms with Crippen LogP contribution < -0.4 is 15.8 Å². The molecule has 0 spiro atoms. The van der Waals surface area contributed by atoms with Crippen molar-refractivity contribution >= 4 is 5.91 Å². The van der Waals surface area contributed by atoms with Crippen LogP contribution in [-0.2, 0) is 13.1 Å². The Labute approximate surface area is 116 Å². The highest BCUT2D eigenvalue weighted by molar-refractivity contribution is 5.91. The molecule has 7 heteroatoms. The van der Waals surface area contributed by atoms with Gasteiger partial charge in [0, 0.05) is 38.1 Å². The number of rotatable bonds is 6. The maximum absolute atomic E-state index is 11.9. The van der Waals surface area contributed by atoms with Gasteiger partial charge in [-0.05, 0) is 11.6 Å². The molecule has 2 aromatic rings. The number of carbonyl (C=O) groups excluding carboxylic acids is 1. The summed E-state index contributed by atoms with van der Waals surface area (Å²) in [4.78, 5) is 20.0. The van der Waals surface area contributed by atoms with E-state index in [1.807, 2.05) is 6.07 Å². The summed E-state index contributed by atoms with van der Waals surface area (Å²) in [6.45, 7) is 1.54. The van der Waals surface area contributed by atoms with E-state index in [1.54, 1.807) is 36.5 Å². The third kappa shape index (κ3) is 3.55. The number of nitrogens with zero attached hydrogens (tertiary/aromatic N) is 3. The SMILES string of the molecule is COc1cc(CNC(=O)c2cn(CCN)cn2)ccn1. The normalized spacial score (nSPS) is 10.3. The van der Waals surface area contributed by atoms with Crippen LogP contribution in [0.25, 0.3) is 0 Å². The van der Waals surface area contributed by atoms with Crippen LogP contribution in [0.5, 0.6) is 5.88 Å². The van der Waals surface area contributed by atoms with Gasteiger partial charge in [-0.2, -0.15) is 0 Å². The molecule has 0 aliphatic rings. The van der Waals surface area contributed by atoms with Gasteiger partial charge in [-0.25, -0.2) is 9.97 Å². The second-order valence-corrected chi connectivity index (χ2v) is 4.17. The van der Waals surface area contributed by atoms with E-state index in [0.29, 0.717) is 31.2 Å². The summed E-state index contributed by atoms with van der Waals surface area (Å²) in [5.41, 5.74) is 6.72. The third-order valence-electron chi connectivity index (χ3n) is 2.71. The molecule has 0 aliphatic carbocycles. The lowest BCUT2D eigenvalue weighted by Crippen LogP contribution is -2.23. The Bertz CT molecular complexity index is 582. The molecule has 0 atom stereocenters. The minimum Gasteiger partial charge on any atom is -0.481 e. The van der Waals surface area contributed by atoms with E-state index in [9.17, 15) is 4.79 Å². The first-order chi connectivity index (χ1) is 9.72. The maximum atomic E-state index is 11.9. The molecule has 0 bridgehead atoms. The minimum atomic E-state index is -0.225. The standard InChI is InChI=1S/C13H17N5O2/c1-20-12-6-10(2-4-15-12)7-16-13(19)11-8-18(5-3-14)9-17-11/h2,4,6,8-9H,3,5,7,14H2,1H3,(H,16,19). The van der Waals surface area contributed by atoms with Crippen molar-refractivity contribution < 1.29 is 9.53 Å². The molecule has 106 valence electrons. The average Bonchev–Trinajstić information content (AvgIpc) is 2.94. The molecule has 0 aliphatic heterocycles. The van der Waals surface area contributed by atoms with Crippen molar-refractivity contribution in [2.45, 2.75) is 13.1 Å². The molecule has 0 fully saturated rings. The minimum absolute atomic E-state index is 0.225. The number of ether oxygens (including phenoxy) is 1. The van der Waals surface area contributed by atoms with Gasteiger partial charge >= 0.3 is 0 Å². The van der Waals surface area contributed by atoms with Crippen molar-refractivity contribution in [2.24, 2.45) is 5.73 Å². The van der Waals surface area contributed by atoms with Crippen molar-refractivity contribution in [3.05, 3.63) is 42.1 Å². The Morgan fingerprint density at radius 3 is 3.10 bits per heavy atom. The van der Waals surface area contributed by atoms with Crippen molar-refractivity contribution in [2.75, 3.05) is 13.7 Å². The zero-order valence-electron chi connectivity index (χ0n) is 11.2. The first-order valence-electron chi connectivity index (χ1n) is 6.22. The second-order valence-electron chi connectivity index (χ2n) is 4.17. The number of methoxy groups -OCH3 is 1. The number of hydrogen-bond acceptors (Lipinski definition) is 5. The molecule has 1 amide bonds.